The molecular weight excluding hydrogens is 580 g/mol. The molecule has 0 fully saturated rings. The molecule has 0 aliphatic carbocycles. The summed E-state index contributed by atoms with van der Waals surface area (Å²) in [7, 11) is -5.99. The maximum absolute atomic E-state index is 13.1. The fourth-order valence-corrected chi connectivity index (χ4v) is 6.15. The van der Waals surface area contributed by atoms with Crippen LogP contribution in [0.4, 0.5) is 5.69 Å². The van der Waals surface area contributed by atoms with Crippen LogP contribution in [0.2, 0.25) is 18.1 Å². The number of nitrogens with one attached hydrogen (secondary N) is 1. The van der Waals surface area contributed by atoms with Crippen molar-refractivity contribution in [2.45, 2.75) is 54.7 Å². The molecule has 176 valence electrons. The summed E-state index contributed by atoms with van der Waals surface area (Å²) in [6.45, 7) is 11.0. The van der Waals surface area contributed by atoms with Gasteiger partial charge in [-0.3, -0.25) is 10.1 Å². The molecule has 0 amide bonds. The Labute approximate surface area is 207 Å². The van der Waals surface area contributed by atoms with Gasteiger partial charge in [0.05, 0.1) is 20.7 Å². The summed E-state index contributed by atoms with van der Waals surface area (Å²) < 4.78 is 36.1. The predicted octanol–water partition coefficient (Wildman–Crippen LogP) is 6.16. The van der Waals surface area contributed by atoms with Gasteiger partial charge in [0.2, 0.25) is 10.0 Å². The molecule has 0 aromatic heterocycles. The van der Waals surface area contributed by atoms with Crippen molar-refractivity contribution in [1.29, 1.82) is 0 Å². The molecule has 2 rings (SSSR count). The summed E-state index contributed by atoms with van der Waals surface area (Å²) in [6.07, 6.45) is 0. The molecule has 2 aromatic rings. The molecule has 2 aromatic carbocycles. The van der Waals surface area contributed by atoms with Gasteiger partial charge in [0, 0.05) is 23.2 Å². The topological polar surface area (TPSA) is 98.5 Å². The zero-order valence-electron chi connectivity index (χ0n) is 18.6. The van der Waals surface area contributed by atoms with E-state index in [2.05, 4.69) is 70.4 Å². The van der Waals surface area contributed by atoms with Crippen LogP contribution in [0.15, 0.2) is 57.9 Å². The Hall–Kier alpha value is -1.11. The van der Waals surface area contributed by atoms with Crippen LogP contribution in [0.5, 0.6) is 0 Å². The number of non-ortho nitro benzene ring substituents is 1. The van der Waals surface area contributed by atoms with E-state index in [9.17, 15) is 18.5 Å². The molecule has 0 aliphatic rings. The third-order valence-corrected chi connectivity index (χ3v) is 12.9. The number of nitrogens with zero attached hydrogens (tertiary/aromatic N) is 1. The first-order valence-electron chi connectivity index (χ1n) is 9.94. The predicted molar refractivity (Wildman–Crippen MR) is 136 cm³/mol. The molecule has 0 radical (unpaired) electrons. The van der Waals surface area contributed by atoms with E-state index >= 15 is 0 Å². The minimum atomic E-state index is -3.95. The third-order valence-electron chi connectivity index (χ3n) is 5.64. The van der Waals surface area contributed by atoms with E-state index in [1.165, 1.54) is 24.3 Å². The summed E-state index contributed by atoms with van der Waals surface area (Å²) in [5.74, 6) is 0. The lowest BCUT2D eigenvalue weighted by molar-refractivity contribution is -0.384. The highest BCUT2D eigenvalue weighted by molar-refractivity contribution is 9.10. The number of sulfonamides is 1. The molecular formula is C21H28Br2N2O5SSi. The lowest BCUT2D eigenvalue weighted by atomic mass is 10.1. The van der Waals surface area contributed by atoms with E-state index in [1.54, 1.807) is 0 Å². The Morgan fingerprint density at radius 2 is 1.62 bits per heavy atom. The van der Waals surface area contributed by atoms with E-state index in [1.807, 2.05) is 24.3 Å². The van der Waals surface area contributed by atoms with Gasteiger partial charge in [0.15, 0.2) is 8.32 Å². The highest BCUT2D eigenvalue weighted by Crippen LogP contribution is 2.37. The Morgan fingerprint density at radius 1 is 1.09 bits per heavy atom. The Bertz CT molecular complexity index is 1040. The van der Waals surface area contributed by atoms with Gasteiger partial charge in [-0.15, -0.1) is 0 Å². The smallest absolute Gasteiger partial charge is 0.269 e. The van der Waals surface area contributed by atoms with Crippen molar-refractivity contribution >= 4 is 55.9 Å². The second-order valence-electron chi connectivity index (χ2n) is 8.99. The largest absolute Gasteiger partial charge is 0.416 e. The van der Waals surface area contributed by atoms with Crippen molar-refractivity contribution in [3.8, 4) is 0 Å². The van der Waals surface area contributed by atoms with Crippen LogP contribution in [-0.2, 0) is 14.4 Å². The third kappa shape index (κ3) is 6.94. The van der Waals surface area contributed by atoms with E-state index < -0.39 is 29.3 Å². The number of nitro groups is 1. The highest BCUT2D eigenvalue weighted by Gasteiger charge is 2.38. The minimum absolute atomic E-state index is 0.0189. The maximum Gasteiger partial charge on any atom is 0.269 e. The number of rotatable bonds is 9. The van der Waals surface area contributed by atoms with Gasteiger partial charge in [-0.25, -0.2) is 13.1 Å². The normalized spacial score (nSPS) is 14.7. The monoisotopic (exact) mass is 606 g/mol. The molecule has 2 atom stereocenters. The van der Waals surface area contributed by atoms with E-state index in [0.717, 1.165) is 10.0 Å². The molecule has 0 heterocycles. The van der Waals surface area contributed by atoms with Crippen LogP contribution in [0.3, 0.4) is 0 Å². The van der Waals surface area contributed by atoms with Crippen LogP contribution in [0.1, 0.15) is 32.4 Å². The zero-order valence-corrected chi connectivity index (χ0v) is 23.6. The van der Waals surface area contributed by atoms with Gasteiger partial charge in [0.1, 0.15) is 0 Å². The quantitative estimate of drug-likeness (QED) is 0.159. The van der Waals surface area contributed by atoms with Crippen molar-refractivity contribution in [3.05, 3.63) is 68.7 Å². The number of alkyl halides is 1. The first-order valence-corrected chi connectivity index (χ1v) is 16.0. The summed E-state index contributed by atoms with van der Waals surface area (Å²) in [4.78, 5) is 9.93. The first-order chi connectivity index (χ1) is 14.6. The van der Waals surface area contributed by atoms with Crippen LogP contribution >= 0.6 is 31.9 Å². The summed E-state index contributed by atoms with van der Waals surface area (Å²) in [5.41, 5.74) is 0.592. The maximum atomic E-state index is 13.1. The lowest BCUT2D eigenvalue weighted by Gasteiger charge is -2.37. The number of nitro benzene ring substituents is 1. The fourth-order valence-electron chi connectivity index (χ4n) is 2.60. The Kier molecular flexibility index (Phi) is 8.85. The second kappa shape index (κ2) is 10.4. The molecule has 0 spiro atoms. The standard InChI is InChI=1S/C21H28Br2N2O5SSi/c1-21(2,3)32(4,5)30-14-19(23)20(15-6-8-16(22)9-7-15)24-31(28,29)18-12-10-17(11-13-18)25(26)27/h6-13,19-20,24H,14H2,1-5H3/t19-,20+/m0/s1. The molecule has 0 bridgehead atoms. The Balaban J connectivity index is 2.32. The van der Waals surface area contributed by atoms with E-state index in [-0.39, 0.29) is 20.4 Å². The average Bonchev–Trinajstić information content (AvgIpc) is 2.70. The van der Waals surface area contributed by atoms with E-state index in [4.69, 9.17) is 4.43 Å². The van der Waals surface area contributed by atoms with Crippen LogP contribution in [-0.4, -0.2) is 33.1 Å². The minimum Gasteiger partial charge on any atom is -0.416 e. The number of hydrogen-bond donors (Lipinski definition) is 1. The molecule has 0 saturated carbocycles. The highest BCUT2D eigenvalue weighted by atomic mass is 79.9. The SMILES string of the molecule is CC(C)(C)[Si](C)(C)OC[C@H](Br)[C@H](NS(=O)(=O)c1ccc([N+](=O)[O-])cc1)c1ccc(Br)cc1. The molecule has 7 nitrogen and oxygen atoms in total. The Morgan fingerprint density at radius 3 is 2.09 bits per heavy atom. The summed E-state index contributed by atoms with van der Waals surface area (Å²) in [6, 6.07) is 11.6. The van der Waals surface area contributed by atoms with Gasteiger partial charge >= 0.3 is 0 Å². The molecule has 0 aliphatic heterocycles. The van der Waals surface area contributed by atoms with Crippen molar-refractivity contribution in [2.75, 3.05) is 6.61 Å². The molecule has 11 heteroatoms. The van der Waals surface area contributed by atoms with Crippen LogP contribution in [0, 0.1) is 10.1 Å². The van der Waals surface area contributed by atoms with Crippen molar-refractivity contribution in [1.82, 2.24) is 4.72 Å². The molecule has 0 unspecified atom stereocenters. The lowest BCUT2D eigenvalue weighted by Crippen LogP contribution is -2.44. The van der Waals surface area contributed by atoms with E-state index in [0.29, 0.717) is 6.61 Å². The van der Waals surface area contributed by atoms with Gasteiger partial charge < -0.3 is 4.43 Å². The summed E-state index contributed by atoms with van der Waals surface area (Å²) >= 11 is 7.05. The molecule has 0 saturated heterocycles. The van der Waals surface area contributed by atoms with Crippen molar-refractivity contribution in [3.63, 3.8) is 0 Å². The zero-order chi connectivity index (χ0) is 24.3. The number of halogens is 2. The van der Waals surface area contributed by atoms with Crippen LogP contribution < -0.4 is 4.72 Å². The van der Waals surface area contributed by atoms with Gasteiger partial charge in [0.25, 0.3) is 5.69 Å². The number of hydrogen-bond acceptors (Lipinski definition) is 5. The van der Waals surface area contributed by atoms with Gasteiger partial charge in [-0.1, -0.05) is 64.8 Å². The number of benzene rings is 2. The van der Waals surface area contributed by atoms with Crippen molar-refractivity contribution < 1.29 is 17.8 Å². The second-order valence-corrected chi connectivity index (χ2v) is 17.6. The van der Waals surface area contributed by atoms with Gasteiger partial charge in [-0.2, -0.15) is 0 Å². The van der Waals surface area contributed by atoms with Crippen molar-refractivity contribution in [2.24, 2.45) is 0 Å². The van der Waals surface area contributed by atoms with Crippen LogP contribution in [0.25, 0.3) is 0 Å². The van der Waals surface area contributed by atoms with Gasteiger partial charge in [-0.05, 0) is 48.0 Å². The fraction of sp³-hybridized carbons (Fsp3) is 0.429. The average molecular weight is 608 g/mol. The molecule has 32 heavy (non-hydrogen) atoms. The molecule has 1 N–H and O–H groups in total. The summed E-state index contributed by atoms with van der Waals surface area (Å²) in [5, 5.41) is 10.9. The first kappa shape index (κ1) is 27.1.